The molecule has 7 nitrogen and oxygen atoms in total. The first-order chi connectivity index (χ1) is 13.1. The van der Waals surface area contributed by atoms with E-state index in [2.05, 4.69) is 10.6 Å². The van der Waals surface area contributed by atoms with Gasteiger partial charge in [-0.1, -0.05) is 0 Å². The summed E-state index contributed by atoms with van der Waals surface area (Å²) in [5.74, 6) is -0.250. The van der Waals surface area contributed by atoms with E-state index in [9.17, 15) is 14.9 Å². The second-order valence-corrected chi connectivity index (χ2v) is 8.27. The highest BCUT2D eigenvalue weighted by Gasteiger charge is 2.25. The minimum Gasteiger partial charge on any atom is -0.379 e. The van der Waals surface area contributed by atoms with Gasteiger partial charge in [0, 0.05) is 35.5 Å². The van der Waals surface area contributed by atoms with Gasteiger partial charge in [0.05, 0.1) is 15.6 Å². The van der Waals surface area contributed by atoms with Crippen LogP contribution in [0.2, 0.25) is 0 Å². The van der Waals surface area contributed by atoms with E-state index >= 15 is 0 Å². The number of aromatic nitrogens is 1. The Morgan fingerprint density at radius 3 is 2.85 bits per heavy atom. The molecular formula is C19H22N4O3S. The van der Waals surface area contributed by atoms with Crippen molar-refractivity contribution in [3.05, 3.63) is 49.5 Å². The lowest BCUT2D eigenvalue weighted by Gasteiger charge is -2.08. The topological polar surface area (TPSA) is 97.2 Å². The molecule has 142 valence electrons. The molecule has 1 aromatic heterocycles. The van der Waals surface area contributed by atoms with Gasteiger partial charge in [0.25, 0.3) is 11.6 Å². The van der Waals surface area contributed by atoms with Crippen molar-refractivity contribution in [1.82, 2.24) is 10.3 Å². The molecule has 1 fully saturated rings. The third-order valence-corrected chi connectivity index (χ3v) is 6.13. The van der Waals surface area contributed by atoms with Crippen LogP contribution in [0.3, 0.4) is 0 Å². The zero-order valence-corrected chi connectivity index (χ0v) is 15.8. The number of nitro groups is 1. The Morgan fingerprint density at radius 1 is 1.30 bits per heavy atom. The Bertz CT molecular complexity index is 852. The van der Waals surface area contributed by atoms with Crippen molar-refractivity contribution in [1.29, 1.82) is 0 Å². The zero-order chi connectivity index (χ0) is 18.8. The number of anilines is 1. The smallest absolute Gasteiger partial charge is 0.293 e. The third-order valence-electron chi connectivity index (χ3n) is 4.91. The first kappa shape index (κ1) is 17.9. The molecule has 1 aromatic carbocycles. The number of aryl methyl sites for hydroxylation is 2. The maximum atomic E-state index is 12.1. The average Bonchev–Trinajstić information content (AvgIpc) is 3.37. The summed E-state index contributed by atoms with van der Waals surface area (Å²) in [5.41, 5.74) is 1.92. The van der Waals surface area contributed by atoms with Gasteiger partial charge < -0.3 is 10.6 Å². The third kappa shape index (κ3) is 4.27. The van der Waals surface area contributed by atoms with Gasteiger partial charge >= 0.3 is 0 Å². The molecule has 0 radical (unpaired) electrons. The first-order valence-electron chi connectivity index (χ1n) is 9.41. The van der Waals surface area contributed by atoms with Crippen LogP contribution in [0.15, 0.2) is 18.2 Å². The van der Waals surface area contributed by atoms with Gasteiger partial charge in [0.15, 0.2) is 0 Å². The number of hydrogen-bond acceptors (Lipinski definition) is 6. The standard InChI is InChI=1S/C19H22N4O3S/c24-19(21-13-6-7-13)12-5-8-14(16(11-12)23(25)26)20-10-9-18-22-15-3-1-2-4-17(15)27-18/h5,8,11,13,20H,1-4,6-7,9-10H2,(H,21,24). The van der Waals surface area contributed by atoms with Crippen LogP contribution < -0.4 is 10.6 Å². The number of nitro benzene ring substituents is 1. The van der Waals surface area contributed by atoms with E-state index in [0.29, 0.717) is 17.8 Å². The average molecular weight is 386 g/mol. The fourth-order valence-electron chi connectivity index (χ4n) is 3.29. The number of carbonyl (C=O) groups is 1. The molecule has 2 aliphatic carbocycles. The molecule has 0 saturated heterocycles. The molecular weight excluding hydrogens is 364 g/mol. The highest BCUT2D eigenvalue weighted by Crippen LogP contribution is 2.28. The zero-order valence-electron chi connectivity index (χ0n) is 15.0. The fourth-order valence-corrected chi connectivity index (χ4v) is 4.44. The van der Waals surface area contributed by atoms with Crippen molar-refractivity contribution in [3.8, 4) is 0 Å². The number of nitrogens with one attached hydrogen (secondary N) is 2. The molecule has 0 spiro atoms. The van der Waals surface area contributed by atoms with Crippen LogP contribution in [0, 0.1) is 10.1 Å². The molecule has 1 saturated carbocycles. The summed E-state index contributed by atoms with van der Waals surface area (Å²) in [6.07, 6.45) is 7.33. The lowest BCUT2D eigenvalue weighted by molar-refractivity contribution is -0.384. The molecule has 1 amide bonds. The van der Waals surface area contributed by atoms with Crippen molar-refractivity contribution in [2.24, 2.45) is 0 Å². The SMILES string of the molecule is O=C(NC1CC1)c1ccc(NCCc2nc3c(s2)CCCC3)c([N+](=O)[O-])c1. The van der Waals surface area contributed by atoms with Gasteiger partial charge in [-0.2, -0.15) is 0 Å². The molecule has 0 aliphatic heterocycles. The Labute approximate surface area is 161 Å². The van der Waals surface area contributed by atoms with Gasteiger partial charge in [-0.25, -0.2) is 4.98 Å². The lowest BCUT2D eigenvalue weighted by Crippen LogP contribution is -2.25. The number of hydrogen-bond donors (Lipinski definition) is 2. The maximum Gasteiger partial charge on any atom is 0.293 e. The summed E-state index contributed by atoms with van der Waals surface area (Å²) in [4.78, 5) is 29.2. The molecule has 2 N–H and O–H groups in total. The van der Waals surface area contributed by atoms with Crippen LogP contribution in [-0.4, -0.2) is 28.4 Å². The molecule has 0 bridgehead atoms. The van der Waals surface area contributed by atoms with Crippen LogP contribution in [-0.2, 0) is 19.3 Å². The number of carbonyl (C=O) groups excluding carboxylic acids is 1. The van der Waals surface area contributed by atoms with E-state index in [1.807, 2.05) is 0 Å². The van der Waals surface area contributed by atoms with Gasteiger partial charge in [0.2, 0.25) is 0 Å². The quantitative estimate of drug-likeness (QED) is 0.561. The molecule has 4 rings (SSSR count). The molecule has 2 aromatic rings. The Hall–Kier alpha value is -2.48. The second kappa shape index (κ2) is 7.64. The number of amides is 1. The van der Waals surface area contributed by atoms with Gasteiger partial charge in [-0.05, 0) is 50.7 Å². The van der Waals surface area contributed by atoms with E-state index < -0.39 is 4.92 Å². The number of rotatable bonds is 7. The molecule has 1 heterocycles. The molecule has 0 unspecified atom stereocenters. The second-order valence-electron chi connectivity index (χ2n) is 7.10. The normalized spacial score (nSPS) is 15.9. The van der Waals surface area contributed by atoms with E-state index in [1.54, 1.807) is 23.5 Å². The summed E-state index contributed by atoms with van der Waals surface area (Å²) < 4.78 is 0. The lowest BCUT2D eigenvalue weighted by atomic mass is 10.0. The molecule has 2 aliphatic rings. The summed E-state index contributed by atoms with van der Waals surface area (Å²) in [7, 11) is 0. The summed E-state index contributed by atoms with van der Waals surface area (Å²) in [6, 6.07) is 4.82. The van der Waals surface area contributed by atoms with Crippen LogP contribution >= 0.6 is 11.3 Å². The van der Waals surface area contributed by atoms with E-state index in [-0.39, 0.29) is 17.6 Å². The van der Waals surface area contributed by atoms with Gasteiger partial charge in [-0.3, -0.25) is 14.9 Å². The Balaban J connectivity index is 1.40. The van der Waals surface area contributed by atoms with Crippen LogP contribution in [0.4, 0.5) is 11.4 Å². The molecule has 0 atom stereocenters. The van der Waals surface area contributed by atoms with Crippen molar-refractivity contribution >= 4 is 28.6 Å². The molecule has 27 heavy (non-hydrogen) atoms. The predicted molar refractivity (Wildman–Crippen MR) is 105 cm³/mol. The van der Waals surface area contributed by atoms with Gasteiger partial charge in [0.1, 0.15) is 5.69 Å². The highest BCUT2D eigenvalue weighted by atomic mass is 32.1. The monoisotopic (exact) mass is 386 g/mol. The van der Waals surface area contributed by atoms with Crippen molar-refractivity contribution in [3.63, 3.8) is 0 Å². The summed E-state index contributed by atoms with van der Waals surface area (Å²) in [5, 5.41) is 18.5. The van der Waals surface area contributed by atoms with E-state index in [1.165, 1.54) is 29.5 Å². The van der Waals surface area contributed by atoms with Crippen molar-refractivity contribution < 1.29 is 9.72 Å². The maximum absolute atomic E-state index is 12.1. The number of benzene rings is 1. The Kier molecular flexibility index (Phi) is 5.07. The van der Waals surface area contributed by atoms with Crippen LogP contribution in [0.25, 0.3) is 0 Å². The van der Waals surface area contributed by atoms with E-state index in [4.69, 9.17) is 4.98 Å². The van der Waals surface area contributed by atoms with Gasteiger partial charge in [-0.15, -0.1) is 11.3 Å². The highest BCUT2D eigenvalue weighted by molar-refractivity contribution is 7.11. The predicted octanol–water partition coefficient (Wildman–Crippen LogP) is 3.48. The van der Waals surface area contributed by atoms with Crippen molar-refractivity contribution in [2.75, 3.05) is 11.9 Å². The fraction of sp³-hybridized carbons (Fsp3) is 0.474. The number of nitrogens with zero attached hydrogens (tertiary/aromatic N) is 2. The largest absolute Gasteiger partial charge is 0.379 e. The molecule has 8 heteroatoms. The minimum atomic E-state index is -0.446. The number of thiazole rings is 1. The van der Waals surface area contributed by atoms with Crippen LogP contribution in [0.1, 0.15) is 51.6 Å². The number of fused-ring (bicyclic) bond motifs is 1. The van der Waals surface area contributed by atoms with Crippen LogP contribution in [0.5, 0.6) is 0 Å². The minimum absolute atomic E-state index is 0.0723. The van der Waals surface area contributed by atoms with E-state index in [0.717, 1.165) is 37.1 Å². The summed E-state index contributed by atoms with van der Waals surface area (Å²) in [6.45, 7) is 0.570. The summed E-state index contributed by atoms with van der Waals surface area (Å²) >= 11 is 1.76. The Morgan fingerprint density at radius 2 is 2.11 bits per heavy atom. The first-order valence-corrected chi connectivity index (χ1v) is 10.2. The van der Waals surface area contributed by atoms with Crippen molar-refractivity contribution in [2.45, 2.75) is 51.0 Å².